The maximum atomic E-state index is 9.85. The molecule has 0 radical (unpaired) electrons. The van der Waals surface area contributed by atoms with Gasteiger partial charge in [0, 0.05) is 12.2 Å². The molecule has 0 spiro atoms. The highest BCUT2D eigenvalue weighted by Crippen LogP contribution is 2.13. The summed E-state index contributed by atoms with van der Waals surface area (Å²) in [6.45, 7) is 2.35. The summed E-state index contributed by atoms with van der Waals surface area (Å²) in [6, 6.07) is 7.13. The maximum Gasteiger partial charge on any atom is 0.119 e. The van der Waals surface area contributed by atoms with Crippen molar-refractivity contribution in [2.24, 2.45) is 0 Å². The number of rotatable bonds is 5. The first-order valence-electron chi connectivity index (χ1n) is 6.28. The molecule has 1 fully saturated rings. The Bertz CT molecular complexity index is 350. The lowest BCUT2D eigenvalue weighted by Gasteiger charge is -2.27. The van der Waals surface area contributed by atoms with Gasteiger partial charge in [-0.25, -0.2) is 0 Å². The minimum absolute atomic E-state index is 0.254. The van der Waals surface area contributed by atoms with Gasteiger partial charge in [0.05, 0.1) is 13.2 Å². The minimum Gasteiger partial charge on any atom is -0.491 e. The fourth-order valence-corrected chi connectivity index (χ4v) is 1.84. The highest BCUT2D eigenvalue weighted by molar-refractivity contribution is 5.41. The summed E-state index contributed by atoms with van der Waals surface area (Å²) in [5.41, 5.74) is 6.28. The predicted molar refractivity (Wildman–Crippen MR) is 69.1 cm³/mol. The molecule has 2 rings (SSSR count). The Hall–Kier alpha value is -1.30. The van der Waals surface area contributed by atoms with E-state index in [0.29, 0.717) is 18.0 Å². The van der Waals surface area contributed by atoms with Crippen molar-refractivity contribution in [3.05, 3.63) is 24.3 Å². The molecule has 18 heavy (non-hydrogen) atoms. The van der Waals surface area contributed by atoms with Crippen LogP contribution in [-0.2, 0) is 4.84 Å². The molecule has 5 heteroatoms. The van der Waals surface area contributed by atoms with E-state index in [1.807, 2.05) is 0 Å². The van der Waals surface area contributed by atoms with Crippen LogP contribution in [0.3, 0.4) is 0 Å². The highest BCUT2D eigenvalue weighted by Gasteiger charge is 2.15. The zero-order valence-corrected chi connectivity index (χ0v) is 10.4. The molecule has 1 atom stereocenters. The Morgan fingerprint density at radius 3 is 2.78 bits per heavy atom. The highest BCUT2D eigenvalue weighted by atomic mass is 16.7. The molecule has 1 aromatic carbocycles. The van der Waals surface area contributed by atoms with E-state index in [0.717, 1.165) is 26.0 Å². The van der Waals surface area contributed by atoms with Crippen LogP contribution in [0, 0.1) is 0 Å². The van der Waals surface area contributed by atoms with Crippen LogP contribution in [0.15, 0.2) is 24.3 Å². The standard InChI is InChI=1S/C13H20N2O3/c14-11-3-5-13(6-4-11)17-10-12(16)9-15-7-1-2-8-18-15/h3-6,12,16H,1-2,7-10,14H2. The summed E-state index contributed by atoms with van der Waals surface area (Å²) in [6.07, 6.45) is 1.65. The number of hydrogen-bond donors (Lipinski definition) is 2. The molecule has 1 heterocycles. The number of nitrogen functional groups attached to an aromatic ring is 1. The van der Waals surface area contributed by atoms with Crippen molar-refractivity contribution in [3.63, 3.8) is 0 Å². The number of hydroxylamine groups is 2. The Morgan fingerprint density at radius 2 is 2.11 bits per heavy atom. The molecule has 0 bridgehead atoms. The predicted octanol–water partition coefficient (Wildman–Crippen LogP) is 1.04. The Balaban J connectivity index is 1.70. The normalized spacial score (nSPS) is 18.5. The molecule has 1 aromatic rings. The van der Waals surface area contributed by atoms with Crippen molar-refractivity contribution in [2.75, 3.05) is 32.0 Å². The lowest BCUT2D eigenvalue weighted by Crippen LogP contribution is -2.38. The molecule has 1 unspecified atom stereocenters. The van der Waals surface area contributed by atoms with Gasteiger partial charge in [-0.3, -0.25) is 4.84 Å². The third-order valence-electron chi connectivity index (χ3n) is 2.81. The summed E-state index contributed by atoms with van der Waals surface area (Å²) in [4.78, 5) is 5.42. The topological polar surface area (TPSA) is 68.0 Å². The number of hydrogen-bond acceptors (Lipinski definition) is 5. The number of β-amino-alcohol motifs (C(OH)–C–C–N with tert-alkyl or cyclic N) is 1. The van der Waals surface area contributed by atoms with Crippen molar-refractivity contribution in [3.8, 4) is 5.75 Å². The van der Waals surface area contributed by atoms with Crippen molar-refractivity contribution in [1.82, 2.24) is 5.06 Å². The summed E-state index contributed by atoms with van der Waals surface area (Å²) >= 11 is 0. The number of aliphatic hydroxyl groups excluding tert-OH is 1. The third-order valence-corrected chi connectivity index (χ3v) is 2.81. The zero-order chi connectivity index (χ0) is 12.8. The number of benzene rings is 1. The molecule has 0 amide bonds. The van der Waals surface area contributed by atoms with Crippen molar-refractivity contribution < 1.29 is 14.7 Å². The van der Waals surface area contributed by atoms with Gasteiger partial charge in [0.1, 0.15) is 18.5 Å². The van der Waals surface area contributed by atoms with Crippen LogP contribution in [-0.4, -0.2) is 42.6 Å². The van der Waals surface area contributed by atoms with E-state index < -0.39 is 6.10 Å². The van der Waals surface area contributed by atoms with Crippen LogP contribution in [0.2, 0.25) is 0 Å². The lowest BCUT2D eigenvalue weighted by atomic mass is 10.3. The van der Waals surface area contributed by atoms with Crippen molar-refractivity contribution in [2.45, 2.75) is 18.9 Å². The van der Waals surface area contributed by atoms with Gasteiger partial charge < -0.3 is 15.6 Å². The van der Waals surface area contributed by atoms with Gasteiger partial charge in [-0.15, -0.1) is 0 Å². The second-order valence-corrected chi connectivity index (χ2v) is 4.46. The first kappa shape index (κ1) is 13.1. The molecule has 1 aliphatic heterocycles. The number of ether oxygens (including phenoxy) is 1. The van der Waals surface area contributed by atoms with Crippen LogP contribution in [0.4, 0.5) is 5.69 Å². The molecule has 0 saturated carbocycles. The maximum absolute atomic E-state index is 9.85. The summed E-state index contributed by atoms with van der Waals surface area (Å²) < 4.78 is 5.48. The first-order valence-corrected chi connectivity index (χ1v) is 6.28. The fraction of sp³-hybridized carbons (Fsp3) is 0.538. The number of nitrogens with two attached hydrogens (primary N) is 1. The Morgan fingerprint density at radius 1 is 1.33 bits per heavy atom. The van der Waals surface area contributed by atoms with Gasteiger partial charge in [0.15, 0.2) is 0 Å². The minimum atomic E-state index is -0.555. The second-order valence-electron chi connectivity index (χ2n) is 4.46. The third kappa shape index (κ3) is 4.18. The van der Waals surface area contributed by atoms with Crippen LogP contribution < -0.4 is 10.5 Å². The summed E-state index contributed by atoms with van der Waals surface area (Å²) in [5.74, 6) is 0.711. The average molecular weight is 252 g/mol. The smallest absolute Gasteiger partial charge is 0.119 e. The summed E-state index contributed by atoms with van der Waals surface area (Å²) in [7, 11) is 0. The zero-order valence-electron chi connectivity index (χ0n) is 10.4. The van der Waals surface area contributed by atoms with E-state index in [1.165, 1.54) is 0 Å². The first-order chi connectivity index (χ1) is 8.74. The molecule has 1 saturated heterocycles. The van der Waals surface area contributed by atoms with Crippen LogP contribution in [0.1, 0.15) is 12.8 Å². The monoisotopic (exact) mass is 252 g/mol. The molecule has 3 N–H and O–H groups in total. The Labute approximate surface area is 107 Å². The van der Waals surface area contributed by atoms with Crippen LogP contribution >= 0.6 is 0 Å². The number of anilines is 1. The van der Waals surface area contributed by atoms with E-state index in [-0.39, 0.29) is 6.61 Å². The van der Waals surface area contributed by atoms with Gasteiger partial charge in [-0.2, -0.15) is 5.06 Å². The van der Waals surface area contributed by atoms with Crippen LogP contribution in [0.5, 0.6) is 5.75 Å². The van der Waals surface area contributed by atoms with E-state index in [9.17, 15) is 5.11 Å². The second kappa shape index (κ2) is 6.58. The largest absolute Gasteiger partial charge is 0.491 e. The van der Waals surface area contributed by atoms with Gasteiger partial charge >= 0.3 is 0 Å². The number of aliphatic hydroxyl groups is 1. The molecular formula is C13H20N2O3. The van der Waals surface area contributed by atoms with Crippen molar-refractivity contribution >= 4 is 5.69 Å². The van der Waals surface area contributed by atoms with Crippen molar-refractivity contribution in [1.29, 1.82) is 0 Å². The molecule has 0 aromatic heterocycles. The fourth-order valence-electron chi connectivity index (χ4n) is 1.84. The number of nitrogens with zero attached hydrogens (tertiary/aromatic N) is 1. The van der Waals surface area contributed by atoms with E-state index in [1.54, 1.807) is 29.3 Å². The quantitative estimate of drug-likeness (QED) is 0.766. The average Bonchev–Trinajstić information content (AvgIpc) is 2.39. The molecule has 0 aliphatic carbocycles. The van der Waals surface area contributed by atoms with E-state index >= 15 is 0 Å². The molecule has 100 valence electrons. The van der Waals surface area contributed by atoms with Gasteiger partial charge in [-0.1, -0.05) is 0 Å². The van der Waals surface area contributed by atoms with Gasteiger partial charge in [0.25, 0.3) is 0 Å². The van der Waals surface area contributed by atoms with Gasteiger partial charge in [0.2, 0.25) is 0 Å². The summed E-state index contributed by atoms with van der Waals surface area (Å²) in [5, 5.41) is 11.7. The SMILES string of the molecule is Nc1ccc(OCC(O)CN2CCCCO2)cc1. The molecule has 1 aliphatic rings. The van der Waals surface area contributed by atoms with E-state index in [2.05, 4.69) is 0 Å². The molecular weight excluding hydrogens is 232 g/mol. The van der Waals surface area contributed by atoms with E-state index in [4.69, 9.17) is 15.3 Å². The van der Waals surface area contributed by atoms with Gasteiger partial charge in [-0.05, 0) is 37.1 Å². The lowest BCUT2D eigenvalue weighted by molar-refractivity contribution is -0.194. The van der Waals surface area contributed by atoms with Crippen LogP contribution in [0.25, 0.3) is 0 Å². The Kier molecular flexibility index (Phi) is 4.81. The molecule has 5 nitrogen and oxygen atoms in total.